The number of amides is 3. The van der Waals surface area contributed by atoms with Gasteiger partial charge in [-0.05, 0) is 36.6 Å². The number of likely N-dealkylation sites (N-methyl/N-ethyl adjacent to an activating group) is 1. The Morgan fingerprint density at radius 2 is 1.55 bits per heavy atom. The Morgan fingerprint density at radius 1 is 0.931 bits per heavy atom. The van der Waals surface area contributed by atoms with E-state index < -0.39 is 5.41 Å². The van der Waals surface area contributed by atoms with Crippen LogP contribution in [-0.2, 0) is 10.2 Å². The van der Waals surface area contributed by atoms with Gasteiger partial charge in [-0.3, -0.25) is 19.3 Å². The lowest BCUT2D eigenvalue weighted by molar-refractivity contribution is -0.123. The number of anilines is 1. The molecule has 2 aromatic carbocycles. The van der Waals surface area contributed by atoms with Gasteiger partial charge in [0.05, 0.1) is 22.6 Å². The second-order valence-electron chi connectivity index (χ2n) is 7.57. The summed E-state index contributed by atoms with van der Waals surface area (Å²) in [7, 11) is 1.72. The van der Waals surface area contributed by atoms with Crippen LogP contribution >= 0.6 is 0 Å². The van der Waals surface area contributed by atoms with Gasteiger partial charge < -0.3 is 4.90 Å². The van der Waals surface area contributed by atoms with Crippen molar-refractivity contribution in [2.75, 3.05) is 18.5 Å². The predicted molar refractivity (Wildman–Crippen MR) is 107 cm³/mol. The van der Waals surface area contributed by atoms with E-state index in [9.17, 15) is 14.4 Å². The van der Waals surface area contributed by atoms with Crippen molar-refractivity contribution in [3.05, 3.63) is 65.2 Å². The van der Waals surface area contributed by atoms with Crippen molar-refractivity contribution < 1.29 is 14.4 Å². The van der Waals surface area contributed by atoms with E-state index in [-0.39, 0.29) is 24.3 Å². The Labute approximate surface area is 169 Å². The monoisotopic (exact) mass is 387 g/mol. The van der Waals surface area contributed by atoms with E-state index in [4.69, 9.17) is 5.26 Å². The summed E-state index contributed by atoms with van der Waals surface area (Å²) in [6.07, 6.45) is 2.21. The van der Waals surface area contributed by atoms with Gasteiger partial charge in [0.25, 0.3) is 11.8 Å². The van der Waals surface area contributed by atoms with Gasteiger partial charge in [-0.15, -0.1) is 0 Å². The topological polar surface area (TPSA) is 81.5 Å². The van der Waals surface area contributed by atoms with Gasteiger partial charge in [-0.2, -0.15) is 5.26 Å². The van der Waals surface area contributed by atoms with E-state index in [1.165, 1.54) is 4.90 Å². The number of hydrogen-bond donors (Lipinski definition) is 0. The molecule has 0 fully saturated rings. The molecule has 2 heterocycles. The Morgan fingerprint density at radius 3 is 2.21 bits per heavy atom. The van der Waals surface area contributed by atoms with Crippen molar-refractivity contribution in [2.24, 2.45) is 0 Å². The first-order valence-corrected chi connectivity index (χ1v) is 9.71. The minimum atomic E-state index is -0.992. The number of nitriles is 1. The molecule has 1 atom stereocenters. The fraction of sp³-hybridized carbons (Fsp3) is 0.304. The maximum Gasteiger partial charge on any atom is 0.261 e. The number of hydrogen-bond acceptors (Lipinski definition) is 4. The summed E-state index contributed by atoms with van der Waals surface area (Å²) in [5, 5.41) is 8.85. The molecule has 3 amide bonds. The molecule has 0 N–H and O–H groups in total. The number of nitrogens with zero attached hydrogens (tertiary/aromatic N) is 3. The summed E-state index contributed by atoms with van der Waals surface area (Å²) < 4.78 is 0. The summed E-state index contributed by atoms with van der Waals surface area (Å²) in [6.45, 7) is 0.00604. The third kappa shape index (κ3) is 2.82. The van der Waals surface area contributed by atoms with Crippen molar-refractivity contribution in [2.45, 2.75) is 31.1 Å². The van der Waals surface area contributed by atoms with Crippen molar-refractivity contribution in [1.82, 2.24) is 4.90 Å². The molecule has 0 spiro atoms. The lowest BCUT2D eigenvalue weighted by atomic mass is 9.76. The average molecular weight is 387 g/mol. The van der Waals surface area contributed by atoms with Gasteiger partial charge in [0, 0.05) is 25.7 Å². The first-order valence-electron chi connectivity index (χ1n) is 9.71. The number of unbranched alkanes of at least 4 members (excludes halogenated alkanes) is 2. The van der Waals surface area contributed by atoms with E-state index >= 15 is 0 Å². The summed E-state index contributed by atoms with van der Waals surface area (Å²) in [6, 6.07) is 16.4. The fourth-order valence-electron chi connectivity index (χ4n) is 4.47. The first kappa shape index (κ1) is 18.9. The van der Waals surface area contributed by atoms with Crippen LogP contribution < -0.4 is 4.90 Å². The van der Waals surface area contributed by atoms with E-state index in [0.717, 1.165) is 11.3 Å². The van der Waals surface area contributed by atoms with E-state index in [1.54, 1.807) is 36.2 Å². The molecule has 4 rings (SSSR count). The van der Waals surface area contributed by atoms with Crippen molar-refractivity contribution in [3.8, 4) is 6.07 Å². The number of imide groups is 1. The van der Waals surface area contributed by atoms with Crippen LogP contribution in [0.5, 0.6) is 0 Å². The molecule has 6 heteroatoms. The number of fused-ring (bicyclic) bond motifs is 2. The highest BCUT2D eigenvalue weighted by Crippen LogP contribution is 2.45. The van der Waals surface area contributed by atoms with Crippen molar-refractivity contribution in [3.63, 3.8) is 0 Å². The number of carbonyl (C=O) groups excluding carboxylic acids is 3. The minimum Gasteiger partial charge on any atom is -0.314 e. The molecule has 29 heavy (non-hydrogen) atoms. The van der Waals surface area contributed by atoms with Crippen LogP contribution in [0.3, 0.4) is 0 Å². The Bertz CT molecular complexity index is 1020. The summed E-state index contributed by atoms with van der Waals surface area (Å²) in [5.41, 5.74) is 1.40. The van der Waals surface area contributed by atoms with Gasteiger partial charge in [0.2, 0.25) is 5.91 Å². The third-order valence-corrected chi connectivity index (χ3v) is 5.94. The van der Waals surface area contributed by atoms with Crippen LogP contribution in [0.25, 0.3) is 0 Å². The first-order chi connectivity index (χ1) is 14.0. The van der Waals surface area contributed by atoms with Crippen molar-refractivity contribution in [1.29, 1.82) is 5.26 Å². The zero-order chi connectivity index (χ0) is 20.6. The molecule has 146 valence electrons. The summed E-state index contributed by atoms with van der Waals surface area (Å²) in [4.78, 5) is 42.2. The van der Waals surface area contributed by atoms with Gasteiger partial charge in [0.15, 0.2) is 0 Å². The molecule has 0 radical (unpaired) electrons. The summed E-state index contributed by atoms with van der Waals surface area (Å²) in [5.74, 6) is -0.837. The highest BCUT2D eigenvalue weighted by Gasteiger charge is 2.52. The third-order valence-electron chi connectivity index (χ3n) is 5.94. The minimum absolute atomic E-state index is 0.00604. The van der Waals surface area contributed by atoms with E-state index in [1.807, 2.05) is 24.3 Å². The fourth-order valence-corrected chi connectivity index (χ4v) is 4.47. The van der Waals surface area contributed by atoms with Gasteiger partial charge >= 0.3 is 0 Å². The number of para-hydroxylation sites is 1. The molecule has 0 saturated heterocycles. The number of benzene rings is 2. The standard InChI is InChI=1S/C23H21N3O3/c1-25-19-12-6-5-11-18(19)23(22(25)29,13-7-2-8-14-24)15-26-20(27)16-9-3-4-10-17(16)21(26)28/h3-6,9-12H,2,7-8,13,15H2,1H3. The molecule has 2 aromatic rings. The van der Waals surface area contributed by atoms with Gasteiger partial charge in [-0.1, -0.05) is 36.8 Å². The number of carbonyl (C=O) groups is 3. The molecule has 0 aliphatic carbocycles. The summed E-state index contributed by atoms with van der Waals surface area (Å²) >= 11 is 0. The lowest BCUT2D eigenvalue weighted by Crippen LogP contribution is -2.49. The molecular weight excluding hydrogens is 366 g/mol. The lowest BCUT2D eigenvalue weighted by Gasteiger charge is -2.32. The zero-order valence-corrected chi connectivity index (χ0v) is 16.2. The molecular formula is C23H21N3O3. The predicted octanol–water partition coefficient (Wildman–Crippen LogP) is 3.28. The van der Waals surface area contributed by atoms with E-state index in [2.05, 4.69) is 6.07 Å². The van der Waals surface area contributed by atoms with Crippen LogP contribution in [0.4, 0.5) is 5.69 Å². The Hall–Kier alpha value is -3.46. The maximum absolute atomic E-state index is 13.4. The molecule has 0 saturated carbocycles. The Kier molecular flexibility index (Phi) is 4.67. The van der Waals surface area contributed by atoms with Crippen LogP contribution in [0.1, 0.15) is 52.0 Å². The van der Waals surface area contributed by atoms with Crippen molar-refractivity contribution >= 4 is 23.4 Å². The molecule has 2 aliphatic rings. The van der Waals surface area contributed by atoms with Crippen LogP contribution in [0.2, 0.25) is 0 Å². The normalized spacial score (nSPS) is 20.1. The molecule has 0 aromatic heterocycles. The van der Waals surface area contributed by atoms with Crippen LogP contribution in [-0.4, -0.2) is 36.2 Å². The smallest absolute Gasteiger partial charge is 0.261 e. The zero-order valence-electron chi connectivity index (χ0n) is 16.2. The molecule has 0 bridgehead atoms. The van der Waals surface area contributed by atoms with Gasteiger partial charge in [-0.25, -0.2) is 0 Å². The second-order valence-corrected chi connectivity index (χ2v) is 7.57. The van der Waals surface area contributed by atoms with Gasteiger partial charge in [0.1, 0.15) is 0 Å². The highest BCUT2D eigenvalue weighted by atomic mass is 16.2. The molecule has 2 aliphatic heterocycles. The average Bonchev–Trinajstić information content (AvgIpc) is 3.11. The second kappa shape index (κ2) is 7.17. The van der Waals surface area contributed by atoms with Crippen LogP contribution in [0, 0.1) is 11.3 Å². The highest BCUT2D eigenvalue weighted by molar-refractivity contribution is 6.22. The van der Waals surface area contributed by atoms with Crippen LogP contribution in [0.15, 0.2) is 48.5 Å². The number of rotatable bonds is 6. The quantitative estimate of drug-likeness (QED) is 0.563. The molecule has 6 nitrogen and oxygen atoms in total. The van der Waals surface area contributed by atoms with E-state index in [0.29, 0.717) is 36.8 Å². The largest absolute Gasteiger partial charge is 0.314 e. The SMILES string of the molecule is CN1C(=O)C(CCCCC#N)(CN2C(=O)c3ccccc3C2=O)c2ccccc21. The Balaban J connectivity index is 1.74. The maximum atomic E-state index is 13.4. The molecule has 1 unspecified atom stereocenters.